The molecular weight excluding hydrogens is 296 g/mol. The molecule has 0 unspecified atom stereocenters. The van der Waals surface area contributed by atoms with Crippen LogP contribution in [0.5, 0.6) is 0 Å². The predicted octanol–water partition coefficient (Wildman–Crippen LogP) is -0.211. The predicted molar refractivity (Wildman–Crippen MR) is 65.9 cm³/mol. The Bertz CT molecular complexity index is 309. The molecule has 0 spiro atoms. The molecule has 16 heavy (non-hydrogen) atoms. The van der Waals surface area contributed by atoms with Crippen molar-refractivity contribution >= 4 is 43.8 Å². The fourth-order valence-corrected chi connectivity index (χ4v) is 3.34. The molecule has 0 saturated heterocycles. The monoisotopic (exact) mass is 310 g/mol. The summed E-state index contributed by atoms with van der Waals surface area (Å²) in [5.74, 6) is 0.278. The number of hydrogen-bond acceptors (Lipinski definition) is 8. The summed E-state index contributed by atoms with van der Waals surface area (Å²) in [4.78, 5) is 0. The van der Waals surface area contributed by atoms with Gasteiger partial charge in [0.25, 0.3) is 0 Å². The van der Waals surface area contributed by atoms with Crippen LogP contribution in [0.2, 0.25) is 0 Å². The average Bonchev–Trinajstić information content (AvgIpc) is 2.10. The second-order valence-electron chi connectivity index (χ2n) is 2.51. The SMILES string of the molecule is CSCCS(=O)(=O)[O-].CSCCS(=O)(=O)[O-]. The van der Waals surface area contributed by atoms with Crippen LogP contribution in [0.3, 0.4) is 0 Å². The average molecular weight is 310 g/mol. The highest BCUT2D eigenvalue weighted by Crippen LogP contribution is 1.93. The Morgan fingerprint density at radius 2 is 1.06 bits per heavy atom. The first-order chi connectivity index (χ1) is 7.12. The van der Waals surface area contributed by atoms with E-state index in [1.807, 2.05) is 0 Å². The van der Waals surface area contributed by atoms with E-state index < -0.39 is 20.2 Å². The van der Waals surface area contributed by atoms with Crippen molar-refractivity contribution in [1.29, 1.82) is 0 Å². The number of rotatable bonds is 6. The highest BCUT2D eigenvalue weighted by Gasteiger charge is 1.91. The van der Waals surface area contributed by atoms with E-state index in [9.17, 15) is 25.9 Å². The molecule has 0 amide bonds. The van der Waals surface area contributed by atoms with Gasteiger partial charge in [-0.3, -0.25) is 0 Å². The molecule has 6 nitrogen and oxygen atoms in total. The van der Waals surface area contributed by atoms with Crippen molar-refractivity contribution in [3.8, 4) is 0 Å². The summed E-state index contributed by atoms with van der Waals surface area (Å²) in [6.07, 6.45) is 3.51. The van der Waals surface area contributed by atoms with E-state index in [-0.39, 0.29) is 11.5 Å². The molecule has 0 N–H and O–H groups in total. The van der Waals surface area contributed by atoms with E-state index in [1.54, 1.807) is 12.5 Å². The molecule has 0 bridgehead atoms. The lowest BCUT2D eigenvalue weighted by molar-refractivity contribution is 0.462. The van der Waals surface area contributed by atoms with Crippen LogP contribution in [0, 0.1) is 0 Å². The standard InChI is InChI=1S/2C3H8O3S2/c2*1-7-2-3-8(4,5)6/h2*2-3H2,1H3,(H,4,5,6)/p-2. The summed E-state index contributed by atoms with van der Waals surface area (Å²) >= 11 is 2.70. The van der Waals surface area contributed by atoms with Crippen LogP contribution in [-0.4, -0.2) is 61.5 Å². The fourth-order valence-electron chi connectivity index (χ4n) is 0.371. The van der Waals surface area contributed by atoms with E-state index in [4.69, 9.17) is 0 Å². The van der Waals surface area contributed by atoms with Gasteiger partial charge in [-0.15, -0.1) is 0 Å². The maximum atomic E-state index is 9.82. The van der Waals surface area contributed by atoms with Gasteiger partial charge >= 0.3 is 0 Å². The van der Waals surface area contributed by atoms with Gasteiger partial charge < -0.3 is 9.11 Å². The summed E-state index contributed by atoms with van der Waals surface area (Å²) in [6, 6.07) is 0. The molecule has 0 aromatic rings. The first-order valence-electron chi connectivity index (χ1n) is 3.97. The zero-order chi connectivity index (χ0) is 13.2. The Hall–Kier alpha value is 0.520. The summed E-state index contributed by atoms with van der Waals surface area (Å²) in [5, 5.41) is 0. The van der Waals surface area contributed by atoms with Crippen molar-refractivity contribution in [3.63, 3.8) is 0 Å². The zero-order valence-electron chi connectivity index (χ0n) is 8.91. The van der Waals surface area contributed by atoms with Crippen molar-refractivity contribution in [1.82, 2.24) is 0 Å². The zero-order valence-corrected chi connectivity index (χ0v) is 12.2. The maximum Gasteiger partial charge on any atom is 0.0954 e. The molecule has 0 rings (SSSR count). The Morgan fingerprint density at radius 3 is 1.12 bits per heavy atom. The van der Waals surface area contributed by atoms with Gasteiger partial charge in [-0.1, -0.05) is 0 Å². The van der Waals surface area contributed by atoms with E-state index in [0.29, 0.717) is 11.5 Å². The van der Waals surface area contributed by atoms with Gasteiger partial charge in [-0.25, -0.2) is 16.8 Å². The topological polar surface area (TPSA) is 114 Å². The third-order valence-corrected chi connectivity index (χ3v) is 4.22. The highest BCUT2D eigenvalue weighted by atomic mass is 32.2. The lowest BCUT2D eigenvalue weighted by Crippen LogP contribution is -2.05. The van der Waals surface area contributed by atoms with Gasteiger partial charge in [0, 0.05) is 23.0 Å². The Kier molecular flexibility index (Phi) is 11.3. The molecule has 0 aliphatic heterocycles. The van der Waals surface area contributed by atoms with Crippen LogP contribution in [-0.2, 0) is 20.2 Å². The molecule has 0 radical (unpaired) electrons. The maximum absolute atomic E-state index is 9.82. The molecule has 0 aliphatic rings. The number of thioether (sulfide) groups is 2. The minimum absolute atomic E-state index is 0.256. The highest BCUT2D eigenvalue weighted by molar-refractivity contribution is 7.99. The Morgan fingerprint density at radius 1 is 0.812 bits per heavy atom. The summed E-state index contributed by atoms with van der Waals surface area (Å²) in [5.41, 5.74) is 0. The van der Waals surface area contributed by atoms with Crippen LogP contribution in [0.15, 0.2) is 0 Å². The largest absolute Gasteiger partial charge is 0.748 e. The van der Waals surface area contributed by atoms with Crippen molar-refractivity contribution in [2.24, 2.45) is 0 Å². The van der Waals surface area contributed by atoms with Crippen LogP contribution in [0.25, 0.3) is 0 Å². The lowest BCUT2D eigenvalue weighted by Gasteiger charge is -2.02. The molecule has 0 atom stereocenters. The van der Waals surface area contributed by atoms with E-state index in [2.05, 4.69) is 0 Å². The lowest BCUT2D eigenvalue weighted by atomic mass is 11.0. The second kappa shape index (κ2) is 9.54. The summed E-state index contributed by atoms with van der Waals surface area (Å²) < 4.78 is 58.9. The second-order valence-corrected chi connectivity index (χ2v) is 7.53. The van der Waals surface area contributed by atoms with Gasteiger partial charge in [0.05, 0.1) is 20.2 Å². The van der Waals surface area contributed by atoms with Crippen LogP contribution in [0.4, 0.5) is 0 Å². The molecule has 0 heterocycles. The summed E-state index contributed by atoms with van der Waals surface area (Å²) in [6.45, 7) is 0. The molecule has 10 heteroatoms. The molecule has 100 valence electrons. The molecule has 0 aliphatic carbocycles. The summed E-state index contributed by atoms with van der Waals surface area (Å²) in [7, 11) is -7.91. The third-order valence-electron chi connectivity index (χ3n) is 1.07. The van der Waals surface area contributed by atoms with Gasteiger partial charge in [-0.05, 0) is 12.5 Å². The first-order valence-corrected chi connectivity index (χ1v) is 9.91. The molecule has 0 fully saturated rings. The Balaban J connectivity index is 0. The van der Waals surface area contributed by atoms with Gasteiger partial charge in [0.15, 0.2) is 0 Å². The van der Waals surface area contributed by atoms with Crippen LogP contribution < -0.4 is 0 Å². The minimum atomic E-state index is -3.96. The van der Waals surface area contributed by atoms with Crippen molar-refractivity contribution in [2.75, 3.05) is 35.5 Å². The minimum Gasteiger partial charge on any atom is -0.748 e. The van der Waals surface area contributed by atoms with Crippen LogP contribution >= 0.6 is 23.5 Å². The van der Waals surface area contributed by atoms with Gasteiger partial charge in [-0.2, -0.15) is 23.5 Å². The number of hydrogen-bond donors (Lipinski definition) is 0. The Labute approximate surface area is 105 Å². The van der Waals surface area contributed by atoms with Gasteiger partial charge in [0.2, 0.25) is 0 Å². The first kappa shape index (κ1) is 18.9. The van der Waals surface area contributed by atoms with Gasteiger partial charge in [0.1, 0.15) is 0 Å². The van der Waals surface area contributed by atoms with Crippen molar-refractivity contribution < 1.29 is 25.9 Å². The molecule has 0 saturated carbocycles. The quantitative estimate of drug-likeness (QED) is 0.619. The van der Waals surface area contributed by atoms with Crippen molar-refractivity contribution in [2.45, 2.75) is 0 Å². The van der Waals surface area contributed by atoms with E-state index >= 15 is 0 Å². The molecular formula is C6H14O6S4-2. The normalized spacial score (nSPS) is 11.8. The van der Waals surface area contributed by atoms with E-state index in [1.165, 1.54) is 23.5 Å². The third kappa shape index (κ3) is 24.0. The molecule has 0 aromatic carbocycles. The van der Waals surface area contributed by atoms with Crippen molar-refractivity contribution in [3.05, 3.63) is 0 Å². The van der Waals surface area contributed by atoms with E-state index in [0.717, 1.165) is 0 Å². The van der Waals surface area contributed by atoms with Crippen LogP contribution in [0.1, 0.15) is 0 Å². The molecule has 0 aromatic heterocycles. The fraction of sp³-hybridized carbons (Fsp3) is 1.00. The smallest absolute Gasteiger partial charge is 0.0954 e.